The third-order valence-electron chi connectivity index (χ3n) is 4.96. The van der Waals surface area contributed by atoms with Gasteiger partial charge in [0, 0.05) is 28.3 Å². The first-order valence-corrected chi connectivity index (χ1v) is 9.99. The zero-order valence-electron chi connectivity index (χ0n) is 17.0. The molecular formula is C21H22Cl2FN3O3. The van der Waals surface area contributed by atoms with Crippen LogP contribution in [0.2, 0.25) is 10.0 Å². The molecule has 0 radical (unpaired) electrons. The molecule has 0 bridgehead atoms. The van der Waals surface area contributed by atoms with E-state index < -0.39 is 29.4 Å². The summed E-state index contributed by atoms with van der Waals surface area (Å²) in [5.41, 5.74) is 0.560. The number of rotatable bonds is 2. The summed E-state index contributed by atoms with van der Waals surface area (Å²) in [4.78, 5) is 29.6. The number of benzene rings is 2. The van der Waals surface area contributed by atoms with Crippen molar-refractivity contribution in [3.8, 4) is 0 Å². The van der Waals surface area contributed by atoms with E-state index in [0.717, 1.165) is 4.90 Å². The van der Waals surface area contributed by atoms with Crippen molar-refractivity contribution in [1.29, 1.82) is 0 Å². The second-order valence-corrected chi connectivity index (χ2v) is 8.98. The molecule has 0 saturated heterocycles. The largest absolute Gasteiger partial charge is 0.465 e. The molecule has 1 N–H and O–H groups in total. The molecule has 6 nitrogen and oxygen atoms in total. The number of fused-ring (bicyclic) bond motifs is 1. The maximum atomic E-state index is 14.1. The fourth-order valence-electron chi connectivity index (χ4n) is 3.70. The zero-order chi connectivity index (χ0) is 22.4. The summed E-state index contributed by atoms with van der Waals surface area (Å²) >= 11 is 12.4. The topological polar surface area (TPSA) is 64.1 Å². The molecule has 2 amide bonds. The van der Waals surface area contributed by atoms with Crippen molar-refractivity contribution in [3.05, 3.63) is 52.3 Å². The quantitative estimate of drug-likeness (QED) is 0.661. The van der Waals surface area contributed by atoms with Gasteiger partial charge >= 0.3 is 6.09 Å². The van der Waals surface area contributed by atoms with Gasteiger partial charge in [0.1, 0.15) is 11.9 Å². The van der Waals surface area contributed by atoms with Gasteiger partial charge in [-0.15, -0.1) is 0 Å². The van der Waals surface area contributed by atoms with Crippen LogP contribution in [-0.2, 0) is 4.79 Å². The van der Waals surface area contributed by atoms with Gasteiger partial charge in [0.2, 0.25) is 0 Å². The molecule has 160 valence electrons. The van der Waals surface area contributed by atoms with E-state index in [1.807, 2.05) is 0 Å². The lowest BCUT2D eigenvalue weighted by Crippen LogP contribution is -2.59. The number of carboxylic acid groups (broad SMARTS) is 1. The molecule has 0 aromatic heterocycles. The minimum absolute atomic E-state index is 0.00203. The van der Waals surface area contributed by atoms with Crippen LogP contribution in [0.15, 0.2) is 36.4 Å². The number of halogens is 3. The molecule has 1 heterocycles. The molecule has 1 atom stereocenters. The maximum absolute atomic E-state index is 14.1. The van der Waals surface area contributed by atoms with Gasteiger partial charge in [0.15, 0.2) is 0 Å². The van der Waals surface area contributed by atoms with E-state index in [1.54, 1.807) is 49.9 Å². The minimum Gasteiger partial charge on any atom is -0.465 e. The second kappa shape index (κ2) is 7.96. The van der Waals surface area contributed by atoms with Crippen LogP contribution in [0.4, 0.5) is 26.2 Å². The molecule has 0 fully saturated rings. The Hall–Kier alpha value is -2.51. The molecule has 0 saturated carbocycles. The number of hydrogen-bond acceptors (Lipinski definition) is 3. The number of amides is 2. The van der Waals surface area contributed by atoms with Gasteiger partial charge in [-0.05, 0) is 57.2 Å². The SMILES string of the molecule is CN1C(=O)[C@H](N(C(=O)O)C(C)(C)C)CN(c2cc(Cl)cc(Cl)c2)c2ccc(F)cc21. The summed E-state index contributed by atoms with van der Waals surface area (Å²) in [6.07, 6.45) is -1.23. The van der Waals surface area contributed by atoms with E-state index in [9.17, 15) is 19.1 Å². The van der Waals surface area contributed by atoms with Crippen LogP contribution in [0, 0.1) is 5.82 Å². The third kappa shape index (κ3) is 4.18. The molecule has 1 aliphatic heterocycles. The summed E-state index contributed by atoms with van der Waals surface area (Å²) < 4.78 is 14.1. The lowest BCUT2D eigenvalue weighted by atomic mass is 10.0. The Balaban J connectivity index is 2.24. The van der Waals surface area contributed by atoms with E-state index in [4.69, 9.17) is 23.2 Å². The molecule has 30 heavy (non-hydrogen) atoms. The van der Waals surface area contributed by atoms with Gasteiger partial charge in [-0.25, -0.2) is 9.18 Å². The second-order valence-electron chi connectivity index (χ2n) is 8.11. The average Bonchev–Trinajstić information content (AvgIpc) is 2.70. The van der Waals surface area contributed by atoms with Crippen LogP contribution in [0.25, 0.3) is 0 Å². The molecule has 2 aromatic rings. The Morgan fingerprint density at radius 1 is 1.13 bits per heavy atom. The summed E-state index contributed by atoms with van der Waals surface area (Å²) in [5.74, 6) is -0.975. The van der Waals surface area contributed by atoms with Gasteiger partial charge in [-0.3, -0.25) is 9.69 Å². The predicted molar refractivity (Wildman–Crippen MR) is 117 cm³/mol. The standard InChI is InChI=1S/C21H22Cl2FN3O3/c1-21(2,3)27(20(29)30)18-11-26(15-8-12(22)7-13(23)9-15)16-6-5-14(24)10-17(16)25(4)19(18)28/h5-10,18H,11H2,1-4H3,(H,29,30)/t18-/m1/s1. The number of hydrogen-bond donors (Lipinski definition) is 1. The molecule has 0 unspecified atom stereocenters. The zero-order valence-corrected chi connectivity index (χ0v) is 18.5. The van der Waals surface area contributed by atoms with Crippen LogP contribution in [0.5, 0.6) is 0 Å². The van der Waals surface area contributed by atoms with E-state index >= 15 is 0 Å². The highest BCUT2D eigenvalue weighted by Crippen LogP contribution is 2.40. The van der Waals surface area contributed by atoms with Crippen LogP contribution < -0.4 is 9.80 Å². The number of anilines is 3. The first kappa shape index (κ1) is 22.2. The molecule has 1 aliphatic rings. The number of carbonyl (C=O) groups is 2. The molecule has 0 spiro atoms. The molecule has 9 heteroatoms. The lowest BCUT2D eigenvalue weighted by molar-refractivity contribution is -0.124. The number of carbonyl (C=O) groups excluding carboxylic acids is 1. The van der Waals surface area contributed by atoms with Crippen molar-refractivity contribution in [3.63, 3.8) is 0 Å². The molecule has 2 aromatic carbocycles. The Kier molecular flexibility index (Phi) is 5.89. The van der Waals surface area contributed by atoms with Crippen molar-refractivity contribution < 1.29 is 19.1 Å². The fraction of sp³-hybridized carbons (Fsp3) is 0.333. The average molecular weight is 454 g/mol. The first-order valence-electron chi connectivity index (χ1n) is 9.23. The monoisotopic (exact) mass is 453 g/mol. The van der Waals surface area contributed by atoms with Gasteiger partial charge in [-0.1, -0.05) is 23.2 Å². The van der Waals surface area contributed by atoms with E-state index in [-0.39, 0.29) is 6.54 Å². The first-order chi connectivity index (χ1) is 13.9. The van der Waals surface area contributed by atoms with Crippen molar-refractivity contribution in [1.82, 2.24) is 4.90 Å². The smallest absolute Gasteiger partial charge is 0.408 e. The Bertz CT molecular complexity index is 989. The van der Waals surface area contributed by atoms with Crippen LogP contribution in [0.3, 0.4) is 0 Å². The maximum Gasteiger partial charge on any atom is 0.408 e. The van der Waals surface area contributed by atoms with Gasteiger partial charge in [0.25, 0.3) is 5.91 Å². The highest BCUT2D eigenvalue weighted by molar-refractivity contribution is 6.35. The van der Waals surface area contributed by atoms with Crippen molar-refractivity contribution in [2.24, 2.45) is 0 Å². The summed E-state index contributed by atoms with van der Waals surface area (Å²) in [6.45, 7) is 5.15. The Morgan fingerprint density at radius 2 is 1.73 bits per heavy atom. The summed E-state index contributed by atoms with van der Waals surface area (Å²) in [6, 6.07) is 7.93. The molecule has 0 aliphatic carbocycles. The number of likely N-dealkylation sites (N-methyl/N-ethyl adjacent to an activating group) is 1. The van der Waals surface area contributed by atoms with Crippen LogP contribution in [-0.4, -0.2) is 47.2 Å². The Labute approximate surface area is 184 Å². The van der Waals surface area contributed by atoms with Gasteiger partial charge in [0.05, 0.1) is 17.9 Å². The van der Waals surface area contributed by atoms with E-state index in [0.29, 0.717) is 27.1 Å². The highest BCUT2D eigenvalue weighted by Gasteiger charge is 2.42. The highest BCUT2D eigenvalue weighted by atomic mass is 35.5. The predicted octanol–water partition coefficient (Wildman–Crippen LogP) is 5.39. The molecular weight excluding hydrogens is 432 g/mol. The lowest BCUT2D eigenvalue weighted by Gasteiger charge is -2.40. The van der Waals surface area contributed by atoms with E-state index in [2.05, 4.69) is 0 Å². The Morgan fingerprint density at radius 3 is 2.27 bits per heavy atom. The normalized spacial score (nSPS) is 16.9. The van der Waals surface area contributed by atoms with Crippen LogP contribution in [0.1, 0.15) is 20.8 Å². The van der Waals surface area contributed by atoms with Crippen molar-refractivity contribution in [2.45, 2.75) is 32.4 Å². The van der Waals surface area contributed by atoms with Gasteiger partial charge in [-0.2, -0.15) is 0 Å². The summed E-state index contributed by atoms with van der Waals surface area (Å²) in [5, 5.41) is 10.7. The third-order valence-corrected chi connectivity index (χ3v) is 5.40. The minimum atomic E-state index is -1.23. The fourth-order valence-corrected chi connectivity index (χ4v) is 4.22. The summed E-state index contributed by atoms with van der Waals surface area (Å²) in [7, 11) is 1.50. The van der Waals surface area contributed by atoms with Crippen molar-refractivity contribution >= 4 is 52.3 Å². The van der Waals surface area contributed by atoms with E-state index in [1.165, 1.54) is 24.1 Å². The van der Waals surface area contributed by atoms with Crippen LogP contribution >= 0.6 is 23.2 Å². The number of nitrogens with zero attached hydrogens (tertiary/aromatic N) is 3. The van der Waals surface area contributed by atoms with Crippen molar-refractivity contribution in [2.75, 3.05) is 23.4 Å². The molecule has 3 rings (SSSR count). The van der Waals surface area contributed by atoms with Gasteiger partial charge < -0.3 is 14.9 Å².